The molecule has 1 fully saturated rings. The molecule has 1 aliphatic heterocycles. The second-order valence-corrected chi connectivity index (χ2v) is 2.00. The Balaban J connectivity index is 0.000000226. The second-order valence-electron chi connectivity index (χ2n) is 2.00. The Morgan fingerprint density at radius 1 is 0.923 bits per heavy atom. The minimum absolute atomic E-state index is 0.263. The molecule has 1 aliphatic rings. The zero-order valence-corrected chi connectivity index (χ0v) is 6.76. The van der Waals surface area contributed by atoms with Crippen molar-refractivity contribution in [1.82, 2.24) is 0 Å². The normalized spacial score (nSPS) is 14.8. The van der Waals surface area contributed by atoms with E-state index in [-0.39, 0.29) is 12.8 Å². The van der Waals surface area contributed by atoms with Gasteiger partial charge in [-0.05, 0) is 12.2 Å². The average Bonchev–Trinajstić information content (AvgIpc) is 2.47. The zero-order chi connectivity index (χ0) is 10.1. The molecule has 5 heteroatoms. The van der Waals surface area contributed by atoms with Crippen molar-refractivity contribution in [3.63, 3.8) is 0 Å². The van der Waals surface area contributed by atoms with E-state index in [9.17, 15) is 19.2 Å². The van der Waals surface area contributed by atoms with Crippen LogP contribution in [0.3, 0.4) is 0 Å². The fourth-order valence-electron chi connectivity index (χ4n) is 0.524. The Labute approximate surface area is 74.4 Å². The van der Waals surface area contributed by atoms with Gasteiger partial charge in [-0.3, -0.25) is 19.2 Å². The minimum Gasteiger partial charge on any atom is -0.393 e. The zero-order valence-electron chi connectivity index (χ0n) is 6.76. The molecule has 0 spiro atoms. The van der Waals surface area contributed by atoms with E-state index in [1.165, 1.54) is 0 Å². The van der Waals surface area contributed by atoms with Crippen LogP contribution >= 0.6 is 0 Å². The third-order valence-corrected chi connectivity index (χ3v) is 1.03. The highest BCUT2D eigenvalue weighted by atomic mass is 16.6. The summed E-state index contributed by atoms with van der Waals surface area (Å²) >= 11 is 0. The van der Waals surface area contributed by atoms with Crippen molar-refractivity contribution in [3.05, 3.63) is 12.2 Å². The number of hydrogen-bond acceptors (Lipinski definition) is 5. The number of hydrogen-bond donors (Lipinski definition) is 0. The number of aldehydes is 2. The number of cyclic esters (lactones) is 2. The molecule has 13 heavy (non-hydrogen) atoms. The maximum Gasteiger partial charge on any atom is 0.314 e. The van der Waals surface area contributed by atoms with Crippen LogP contribution in [0.4, 0.5) is 0 Å². The lowest BCUT2D eigenvalue weighted by Crippen LogP contribution is -1.94. The van der Waals surface area contributed by atoms with Crippen LogP contribution in [0.1, 0.15) is 12.8 Å². The Morgan fingerprint density at radius 3 is 1.46 bits per heavy atom. The Kier molecular flexibility index (Phi) is 5.96. The Morgan fingerprint density at radius 2 is 1.31 bits per heavy atom. The lowest BCUT2D eigenvalue weighted by atomic mass is 10.4. The molecule has 5 nitrogen and oxygen atoms in total. The van der Waals surface area contributed by atoms with Crippen LogP contribution in [0.2, 0.25) is 0 Å². The second kappa shape index (κ2) is 6.90. The van der Waals surface area contributed by atoms with Gasteiger partial charge in [-0.1, -0.05) is 0 Å². The van der Waals surface area contributed by atoms with Crippen molar-refractivity contribution in [1.29, 1.82) is 0 Å². The van der Waals surface area contributed by atoms with Gasteiger partial charge in [-0.2, -0.15) is 0 Å². The lowest BCUT2D eigenvalue weighted by molar-refractivity contribution is -0.152. The summed E-state index contributed by atoms with van der Waals surface area (Å²) in [5.74, 6) is -0.796. The molecule has 0 aromatic rings. The summed E-state index contributed by atoms with van der Waals surface area (Å²) in [7, 11) is 0. The van der Waals surface area contributed by atoms with Crippen LogP contribution in [-0.2, 0) is 23.9 Å². The average molecular weight is 184 g/mol. The molecule has 1 heterocycles. The van der Waals surface area contributed by atoms with E-state index in [1.807, 2.05) is 0 Å². The SMILES string of the molecule is O=C/C=C\C=O.O=C1CCC(=O)O1. The number of allylic oxidation sites excluding steroid dienone is 2. The lowest BCUT2D eigenvalue weighted by Gasteiger charge is -1.79. The maximum absolute atomic E-state index is 10.0. The van der Waals surface area contributed by atoms with Crippen LogP contribution in [-0.4, -0.2) is 24.5 Å². The van der Waals surface area contributed by atoms with Gasteiger partial charge in [0.2, 0.25) is 0 Å². The summed E-state index contributed by atoms with van der Waals surface area (Å²) in [6.07, 6.45) is 3.89. The number of ether oxygens (including phenoxy) is 1. The summed E-state index contributed by atoms with van der Waals surface area (Å²) in [5.41, 5.74) is 0. The minimum atomic E-state index is -0.398. The van der Waals surface area contributed by atoms with Crippen LogP contribution in [0.15, 0.2) is 12.2 Å². The van der Waals surface area contributed by atoms with Gasteiger partial charge in [0.05, 0.1) is 12.8 Å². The van der Waals surface area contributed by atoms with Crippen molar-refractivity contribution < 1.29 is 23.9 Å². The van der Waals surface area contributed by atoms with E-state index >= 15 is 0 Å². The maximum atomic E-state index is 10.0. The number of carbonyl (C=O) groups is 4. The summed E-state index contributed by atoms with van der Waals surface area (Å²) in [5, 5.41) is 0. The molecule has 1 saturated heterocycles. The smallest absolute Gasteiger partial charge is 0.314 e. The van der Waals surface area contributed by atoms with Crippen LogP contribution in [0, 0.1) is 0 Å². The van der Waals surface area contributed by atoms with E-state index in [2.05, 4.69) is 4.74 Å². The van der Waals surface area contributed by atoms with Gasteiger partial charge in [-0.25, -0.2) is 0 Å². The van der Waals surface area contributed by atoms with Crippen molar-refractivity contribution in [2.24, 2.45) is 0 Å². The molecule has 0 amide bonds. The van der Waals surface area contributed by atoms with Crippen LogP contribution < -0.4 is 0 Å². The monoisotopic (exact) mass is 184 g/mol. The molecule has 0 saturated carbocycles. The van der Waals surface area contributed by atoms with E-state index in [4.69, 9.17) is 0 Å². The van der Waals surface area contributed by atoms with Gasteiger partial charge in [-0.15, -0.1) is 0 Å². The third-order valence-electron chi connectivity index (χ3n) is 1.03. The van der Waals surface area contributed by atoms with Crippen molar-refractivity contribution in [3.8, 4) is 0 Å². The topological polar surface area (TPSA) is 77.5 Å². The molecule has 0 aromatic heterocycles. The molecule has 1 rings (SSSR count). The highest BCUT2D eigenvalue weighted by molar-refractivity contribution is 5.92. The Hall–Kier alpha value is -1.78. The molecule has 0 N–H and O–H groups in total. The predicted octanol–water partition coefficient (Wildman–Crippen LogP) is -0.210. The van der Waals surface area contributed by atoms with Crippen molar-refractivity contribution in [2.75, 3.05) is 0 Å². The molecule has 0 bridgehead atoms. The first-order valence-electron chi connectivity index (χ1n) is 3.50. The molecule has 0 unspecified atom stereocenters. The van der Waals surface area contributed by atoms with Gasteiger partial charge in [0.15, 0.2) is 0 Å². The molecule has 0 aromatic carbocycles. The molecule has 0 radical (unpaired) electrons. The van der Waals surface area contributed by atoms with E-state index in [0.717, 1.165) is 12.2 Å². The van der Waals surface area contributed by atoms with Gasteiger partial charge >= 0.3 is 11.9 Å². The first kappa shape index (κ1) is 11.2. The molecular weight excluding hydrogens is 176 g/mol. The highest BCUT2D eigenvalue weighted by Gasteiger charge is 2.19. The van der Waals surface area contributed by atoms with Crippen molar-refractivity contribution >= 4 is 24.5 Å². The van der Waals surface area contributed by atoms with Crippen molar-refractivity contribution in [2.45, 2.75) is 12.8 Å². The first-order valence-corrected chi connectivity index (χ1v) is 3.50. The first-order chi connectivity index (χ1) is 6.20. The Bertz CT molecular complexity index is 217. The summed E-state index contributed by atoms with van der Waals surface area (Å²) in [6.45, 7) is 0. The summed E-state index contributed by atoms with van der Waals surface area (Å²) in [4.78, 5) is 38.7. The van der Waals surface area contributed by atoms with E-state index in [1.54, 1.807) is 0 Å². The molecular formula is C8H8O5. The molecule has 0 aliphatic carbocycles. The van der Waals surface area contributed by atoms with E-state index in [0.29, 0.717) is 12.6 Å². The standard InChI is InChI=1S/C4H4O3.C4H4O2/c5-3-1-2-4(6)7-3;5-3-1-2-4-6/h1-2H2;1-4H/b;2-1-. The van der Waals surface area contributed by atoms with E-state index < -0.39 is 11.9 Å². The fourth-order valence-corrected chi connectivity index (χ4v) is 0.524. The fraction of sp³-hybridized carbons (Fsp3) is 0.250. The number of carbonyl (C=O) groups excluding carboxylic acids is 4. The van der Waals surface area contributed by atoms with Crippen LogP contribution in [0.25, 0.3) is 0 Å². The predicted molar refractivity (Wildman–Crippen MR) is 41.6 cm³/mol. The number of esters is 2. The summed E-state index contributed by atoms with van der Waals surface area (Å²) in [6, 6.07) is 0. The largest absolute Gasteiger partial charge is 0.393 e. The number of rotatable bonds is 2. The summed E-state index contributed by atoms with van der Waals surface area (Å²) < 4.78 is 4.08. The van der Waals surface area contributed by atoms with Gasteiger partial charge in [0, 0.05) is 0 Å². The molecule has 0 atom stereocenters. The van der Waals surface area contributed by atoms with Gasteiger partial charge in [0.25, 0.3) is 0 Å². The van der Waals surface area contributed by atoms with Crippen LogP contribution in [0.5, 0.6) is 0 Å². The quantitative estimate of drug-likeness (QED) is 0.257. The van der Waals surface area contributed by atoms with Gasteiger partial charge < -0.3 is 4.74 Å². The third kappa shape index (κ3) is 6.61. The highest BCUT2D eigenvalue weighted by Crippen LogP contribution is 2.03. The molecule has 70 valence electrons. The van der Waals surface area contributed by atoms with Gasteiger partial charge in [0.1, 0.15) is 12.6 Å².